The maximum atomic E-state index is 12.6. The highest BCUT2D eigenvalue weighted by Gasteiger charge is 2.23. The topological polar surface area (TPSA) is 67.6 Å². The Labute approximate surface area is 187 Å². The smallest absolute Gasteiger partial charge is 0.226 e. The second-order valence-corrected chi connectivity index (χ2v) is 8.15. The summed E-state index contributed by atoms with van der Waals surface area (Å²) in [4.78, 5) is 19.4. The quantitative estimate of drug-likeness (QED) is 0.601. The van der Waals surface area contributed by atoms with Crippen molar-refractivity contribution in [2.24, 2.45) is 0 Å². The number of carbonyl (C=O) groups excluding carboxylic acids is 1. The Morgan fingerprint density at radius 2 is 1.97 bits per heavy atom. The number of oxazole rings is 1. The van der Waals surface area contributed by atoms with Gasteiger partial charge in [-0.15, -0.1) is 0 Å². The van der Waals surface area contributed by atoms with Gasteiger partial charge in [-0.05, 0) is 36.8 Å². The molecule has 1 aliphatic rings. The van der Waals surface area contributed by atoms with Gasteiger partial charge in [0.25, 0.3) is 0 Å². The Morgan fingerprint density at radius 3 is 2.71 bits per heavy atom. The van der Waals surface area contributed by atoms with Crippen LogP contribution in [0.3, 0.4) is 0 Å². The van der Waals surface area contributed by atoms with Gasteiger partial charge in [-0.1, -0.05) is 41.4 Å². The lowest BCUT2D eigenvalue weighted by atomic mass is 10.0. The first-order valence-electron chi connectivity index (χ1n) is 10.4. The average molecular weight is 440 g/mol. The average Bonchev–Trinajstić information content (AvgIpc) is 3.23. The van der Waals surface area contributed by atoms with E-state index in [0.29, 0.717) is 36.4 Å². The van der Waals surface area contributed by atoms with Crippen molar-refractivity contribution < 1.29 is 13.9 Å². The highest BCUT2D eigenvalue weighted by molar-refractivity contribution is 6.30. The third-order valence-electron chi connectivity index (χ3n) is 5.39. The van der Waals surface area contributed by atoms with E-state index in [9.17, 15) is 4.79 Å². The number of carbonyl (C=O) groups is 1. The number of rotatable bonds is 7. The van der Waals surface area contributed by atoms with Gasteiger partial charge in [-0.2, -0.15) is 0 Å². The molecule has 1 fully saturated rings. The molecule has 4 rings (SSSR count). The zero-order chi connectivity index (χ0) is 21.6. The van der Waals surface area contributed by atoms with Crippen LogP contribution in [0.15, 0.2) is 59.2 Å². The predicted molar refractivity (Wildman–Crippen MR) is 120 cm³/mol. The standard InChI is InChI=1S/C24H26ClN3O3/c1-17-3-2-4-19(13-17)22(28-9-11-30-12-10-28)15-26-23(29)14-21-16-31-24(27-21)18-5-7-20(25)8-6-18/h2-8,13,16,22H,9-12,14-15H2,1H3,(H,26,29). The van der Waals surface area contributed by atoms with Gasteiger partial charge in [0.05, 0.1) is 31.4 Å². The number of amides is 1. The minimum Gasteiger partial charge on any atom is -0.444 e. The summed E-state index contributed by atoms with van der Waals surface area (Å²) in [5, 5.41) is 3.73. The first kappa shape index (κ1) is 21.6. The summed E-state index contributed by atoms with van der Waals surface area (Å²) >= 11 is 5.93. The molecule has 6 nitrogen and oxygen atoms in total. The summed E-state index contributed by atoms with van der Waals surface area (Å²) < 4.78 is 11.0. The number of ether oxygens (including phenoxy) is 1. The number of aromatic nitrogens is 1. The van der Waals surface area contributed by atoms with Gasteiger partial charge >= 0.3 is 0 Å². The number of aryl methyl sites for hydroxylation is 1. The van der Waals surface area contributed by atoms with Crippen LogP contribution in [0.1, 0.15) is 22.9 Å². The van der Waals surface area contributed by atoms with Gasteiger partial charge in [0.15, 0.2) is 0 Å². The highest BCUT2D eigenvalue weighted by atomic mass is 35.5. The molecule has 31 heavy (non-hydrogen) atoms. The normalized spacial score (nSPS) is 15.5. The number of nitrogens with zero attached hydrogens (tertiary/aromatic N) is 2. The first-order valence-corrected chi connectivity index (χ1v) is 10.8. The molecule has 0 radical (unpaired) electrons. The molecule has 7 heteroatoms. The number of hydrogen-bond acceptors (Lipinski definition) is 5. The largest absolute Gasteiger partial charge is 0.444 e. The molecule has 1 aliphatic heterocycles. The molecule has 1 unspecified atom stereocenters. The zero-order valence-electron chi connectivity index (χ0n) is 17.5. The third kappa shape index (κ3) is 5.73. The van der Waals surface area contributed by atoms with E-state index in [2.05, 4.69) is 46.4 Å². The lowest BCUT2D eigenvalue weighted by Gasteiger charge is -2.35. The summed E-state index contributed by atoms with van der Waals surface area (Å²) in [5.74, 6) is 0.396. The lowest BCUT2D eigenvalue weighted by molar-refractivity contribution is -0.120. The molecule has 0 saturated carbocycles. The number of benzene rings is 2. The third-order valence-corrected chi connectivity index (χ3v) is 5.64. The van der Waals surface area contributed by atoms with Crippen molar-refractivity contribution in [3.8, 4) is 11.5 Å². The molecule has 0 spiro atoms. The predicted octanol–water partition coefficient (Wildman–Crippen LogP) is 4.04. The minimum atomic E-state index is -0.0816. The monoisotopic (exact) mass is 439 g/mol. The van der Waals surface area contributed by atoms with Crippen molar-refractivity contribution in [3.05, 3.63) is 76.6 Å². The maximum Gasteiger partial charge on any atom is 0.226 e. The van der Waals surface area contributed by atoms with Crippen molar-refractivity contribution in [2.45, 2.75) is 19.4 Å². The number of morpholine rings is 1. The molecule has 0 bridgehead atoms. The van der Waals surface area contributed by atoms with Gasteiger partial charge in [-0.25, -0.2) is 4.98 Å². The summed E-state index contributed by atoms with van der Waals surface area (Å²) in [6, 6.07) is 15.8. The molecule has 1 atom stereocenters. The fraction of sp³-hybridized carbons (Fsp3) is 0.333. The highest BCUT2D eigenvalue weighted by Crippen LogP contribution is 2.23. The Bertz CT molecular complexity index is 1010. The van der Waals surface area contributed by atoms with Crippen LogP contribution in [0.4, 0.5) is 0 Å². The van der Waals surface area contributed by atoms with E-state index >= 15 is 0 Å². The number of nitrogens with one attached hydrogen (secondary N) is 1. The lowest BCUT2D eigenvalue weighted by Crippen LogP contribution is -2.44. The number of halogens is 1. The van der Waals surface area contributed by atoms with Crippen LogP contribution in [0, 0.1) is 6.92 Å². The van der Waals surface area contributed by atoms with E-state index in [4.69, 9.17) is 20.8 Å². The van der Waals surface area contributed by atoms with Gasteiger partial charge in [0.1, 0.15) is 6.26 Å². The van der Waals surface area contributed by atoms with Gasteiger partial charge in [0, 0.05) is 30.2 Å². The summed E-state index contributed by atoms with van der Waals surface area (Å²) in [6.07, 6.45) is 1.70. The Kier molecular flexibility index (Phi) is 7.02. The number of hydrogen-bond donors (Lipinski definition) is 1. The van der Waals surface area contributed by atoms with Crippen molar-refractivity contribution in [1.82, 2.24) is 15.2 Å². The van der Waals surface area contributed by atoms with Crippen LogP contribution in [0.2, 0.25) is 5.02 Å². The molecular formula is C24H26ClN3O3. The van der Waals surface area contributed by atoms with Crippen LogP contribution < -0.4 is 5.32 Å². The van der Waals surface area contributed by atoms with E-state index in [1.54, 1.807) is 12.1 Å². The van der Waals surface area contributed by atoms with E-state index in [1.165, 1.54) is 17.4 Å². The van der Waals surface area contributed by atoms with E-state index < -0.39 is 0 Å². The zero-order valence-corrected chi connectivity index (χ0v) is 18.3. The summed E-state index contributed by atoms with van der Waals surface area (Å²) in [6.45, 7) is 5.74. The van der Waals surface area contributed by atoms with E-state index in [-0.39, 0.29) is 18.4 Å². The molecular weight excluding hydrogens is 414 g/mol. The van der Waals surface area contributed by atoms with Crippen LogP contribution >= 0.6 is 11.6 Å². The Balaban J connectivity index is 1.39. The summed E-state index contributed by atoms with van der Waals surface area (Å²) in [7, 11) is 0. The van der Waals surface area contributed by atoms with Crippen LogP contribution in [-0.2, 0) is 16.0 Å². The second kappa shape index (κ2) is 10.1. The molecule has 1 aromatic heterocycles. The molecule has 3 aromatic rings. The van der Waals surface area contributed by atoms with E-state index in [0.717, 1.165) is 18.7 Å². The van der Waals surface area contributed by atoms with E-state index in [1.807, 2.05) is 12.1 Å². The molecule has 2 aromatic carbocycles. The minimum absolute atomic E-state index is 0.0816. The van der Waals surface area contributed by atoms with Gasteiger partial charge in [0.2, 0.25) is 11.8 Å². The fourth-order valence-electron chi connectivity index (χ4n) is 3.78. The first-order chi connectivity index (χ1) is 15.1. The maximum absolute atomic E-state index is 12.6. The molecule has 0 aliphatic carbocycles. The molecule has 1 amide bonds. The molecule has 2 heterocycles. The van der Waals surface area contributed by atoms with Crippen molar-refractivity contribution >= 4 is 17.5 Å². The van der Waals surface area contributed by atoms with Gasteiger partial charge < -0.3 is 14.5 Å². The Hall–Kier alpha value is -2.67. The van der Waals surface area contributed by atoms with Crippen LogP contribution in [-0.4, -0.2) is 48.6 Å². The van der Waals surface area contributed by atoms with Crippen molar-refractivity contribution in [2.75, 3.05) is 32.8 Å². The van der Waals surface area contributed by atoms with Gasteiger partial charge in [-0.3, -0.25) is 9.69 Å². The fourth-order valence-corrected chi connectivity index (χ4v) is 3.90. The summed E-state index contributed by atoms with van der Waals surface area (Å²) in [5.41, 5.74) is 3.83. The van der Waals surface area contributed by atoms with Crippen LogP contribution in [0.5, 0.6) is 0 Å². The molecule has 1 N–H and O–H groups in total. The molecule has 1 saturated heterocycles. The van der Waals surface area contributed by atoms with Crippen molar-refractivity contribution in [3.63, 3.8) is 0 Å². The second-order valence-electron chi connectivity index (χ2n) is 7.71. The SMILES string of the molecule is Cc1cccc(C(CNC(=O)Cc2coc(-c3ccc(Cl)cc3)n2)N2CCOCC2)c1. The molecule has 162 valence electrons. The van der Waals surface area contributed by atoms with Crippen LogP contribution in [0.25, 0.3) is 11.5 Å². The van der Waals surface area contributed by atoms with Crippen molar-refractivity contribution in [1.29, 1.82) is 0 Å². The Morgan fingerprint density at radius 1 is 1.19 bits per heavy atom.